The molecule has 0 bridgehead atoms. The van der Waals surface area contributed by atoms with E-state index in [2.05, 4.69) is 27.7 Å². The first-order valence-corrected chi connectivity index (χ1v) is 6.95. The molecule has 0 aliphatic heterocycles. The third-order valence-corrected chi connectivity index (χ3v) is 3.42. The maximum Gasteiger partial charge on any atom is 0.238 e. The molecule has 0 saturated carbocycles. The molecule has 22 heavy (non-hydrogen) atoms. The summed E-state index contributed by atoms with van der Waals surface area (Å²) in [5.41, 5.74) is 11.6. The molecule has 0 radical (unpaired) electrons. The molecule has 110 valence electrons. The lowest BCUT2D eigenvalue weighted by Gasteiger charge is -2.05. The fourth-order valence-corrected chi connectivity index (χ4v) is 2.26. The van der Waals surface area contributed by atoms with Gasteiger partial charge in [0.2, 0.25) is 5.95 Å². The van der Waals surface area contributed by atoms with Gasteiger partial charge in [-0.2, -0.15) is 0 Å². The van der Waals surface area contributed by atoms with Gasteiger partial charge in [-0.05, 0) is 31.5 Å². The normalized spacial score (nSPS) is 11.4. The van der Waals surface area contributed by atoms with Crippen molar-refractivity contribution >= 4 is 17.5 Å². The summed E-state index contributed by atoms with van der Waals surface area (Å²) < 4.78 is 1.72. The summed E-state index contributed by atoms with van der Waals surface area (Å²) in [6.45, 7) is 7.84. The number of rotatable bonds is 3. The number of fused-ring (bicyclic) bond motifs is 1. The molecular weight excluding hydrogens is 274 g/mol. The summed E-state index contributed by atoms with van der Waals surface area (Å²) in [5.74, 6) is 0.252. The number of allylic oxidation sites excluding steroid dienone is 2. The van der Waals surface area contributed by atoms with Crippen molar-refractivity contribution in [2.75, 3.05) is 5.73 Å². The predicted octanol–water partition coefficient (Wildman–Crippen LogP) is 3.27. The zero-order valence-electron chi connectivity index (χ0n) is 12.6. The molecule has 3 heterocycles. The van der Waals surface area contributed by atoms with Crippen molar-refractivity contribution in [3.63, 3.8) is 0 Å². The smallest absolute Gasteiger partial charge is 0.238 e. The Balaban J connectivity index is 2.11. The second-order valence-corrected chi connectivity index (χ2v) is 5.25. The lowest BCUT2D eigenvalue weighted by molar-refractivity contribution is 0.918. The minimum absolute atomic E-state index is 0.252. The van der Waals surface area contributed by atoms with Crippen LogP contribution >= 0.6 is 0 Å². The Morgan fingerprint density at radius 1 is 1.32 bits per heavy atom. The molecule has 0 aliphatic rings. The molecule has 0 fully saturated rings. The average molecular weight is 291 g/mol. The van der Waals surface area contributed by atoms with E-state index >= 15 is 0 Å². The van der Waals surface area contributed by atoms with Crippen molar-refractivity contribution in [2.24, 2.45) is 0 Å². The van der Waals surface area contributed by atoms with Gasteiger partial charge in [-0.3, -0.25) is 4.98 Å². The number of hydrogen-bond acceptors (Lipinski definition) is 4. The number of pyridine rings is 1. The quantitative estimate of drug-likeness (QED) is 0.752. The number of nitrogens with zero attached hydrogens (tertiary/aromatic N) is 4. The van der Waals surface area contributed by atoms with Crippen LogP contribution in [0, 0.1) is 6.92 Å². The van der Waals surface area contributed by atoms with Crippen LogP contribution in [0.15, 0.2) is 49.0 Å². The van der Waals surface area contributed by atoms with Crippen LogP contribution in [0.2, 0.25) is 0 Å². The first-order valence-electron chi connectivity index (χ1n) is 6.95. The number of anilines is 1. The standard InChI is InChI=1S/C17H17N5/c1-11(2)4-5-13-8-14(9-19-12(13)3)15-6-7-22-16(15)10-20-17(18)21-22/h4-10H,1H2,2-3H3,(H2,18,21)/b5-4-. The van der Waals surface area contributed by atoms with Gasteiger partial charge in [0, 0.05) is 29.2 Å². The summed E-state index contributed by atoms with van der Waals surface area (Å²) in [4.78, 5) is 8.55. The van der Waals surface area contributed by atoms with E-state index in [1.54, 1.807) is 10.7 Å². The zero-order valence-corrected chi connectivity index (χ0v) is 12.6. The van der Waals surface area contributed by atoms with Crippen LogP contribution in [-0.4, -0.2) is 19.6 Å². The number of nitrogen functional groups attached to an aromatic ring is 1. The summed E-state index contributed by atoms with van der Waals surface area (Å²) >= 11 is 0. The van der Waals surface area contributed by atoms with E-state index < -0.39 is 0 Å². The van der Waals surface area contributed by atoms with Gasteiger partial charge in [0.15, 0.2) is 0 Å². The fourth-order valence-electron chi connectivity index (χ4n) is 2.26. The molecule has 5 nitrogen and oxygen atoms in total. The molecule has 0 aliphatic carbocycles. The van der Waals surface area contributed by atoms with Crippen LogP contribution in [0.1, 0.15) is 18.2 Å². The predicted molar refractivity (Wildman–Crippen MR) is 89.2 cm³/mol. The first-order chi connectivity index (χ1) is 10.5. The second-order valence-electron chi connectivity index (χ2n) is 5.25. The van der Waals surface area contributed by atoms with Crippen LogP contribution in [-0.2, 0) is 0 Å². The largest absolute Gasteiger partial charge is 0.367 e. The van der Waals surface area contributed by atoms with Crippen LogP contribution in [0.4, 0.5) is 5.95 Å². The first kappa shape index (κ1) is 14.0. The van der Waals surface area contributed by atoms with Crippen molar-refractivity contribution in [1.82, 2.24) is 19.6 Å². The minimum Gasteiger partial charge on any atom is -0.367 e. The Kier molecular flexibility index (Phi) is 3.47. The third kappa shape index (κ3) is 2.61. The van der Waals surface area contributed by atoms with Gasteiger partial charge in [-0.15, -0.1) is 5.10 Å². The van der Waals surface area contributed by atoms with Crippen molar-refractivity contribution in [3.05, 3.63) is 60.2 Å². The summed E-state index contributed by atoms with van der Waals surface area (Å²) in [6.07, 6.45) is 9.46. The average Bonchev–Trinajstić information content (AvgIpc) is 2.89. The van der Waals surface area contributed by atoms with E-state index in [9.17, 15) is 0 Å². The third-order valence-electron chi connectivity index (χ3n) is 3.42. The molecule has 0 amide bonds. The number of aryl methyl sites for hydroxylation is 1. The van der Waals surface area contributed by atoms with Gasteiger partial charge in [-0.25, -0.2) is 9.50 Å². The Bertz CT molecular complexity index is 889. The van der Waals surface area contributed by atoms with Crippen LogP contribution in [0.3, 0.4) is 0 Å². The Morgan fingerprint density at radius 2 is 2.14 bits per heavy atom. The van der Waals surface area contributed by atoms with Crippen LogP contribution < -0.4 is 5.73 Å². The van der Waals surface area contributed by atoms with Crippen molar-refractivity contribution < 1.29 is 0 Å². The van der Waals surface area contributed by atoms with Gasteiger partial charge in [0.25, 0.3) is 0 Å². The molecule has 3 aromatic rings. The van der Waals surface area contributed by atoms with Gasteiger partial charge in [-0.1, -0.05) is 24.3 Å². The molecule has 0 saturated heterocycles. The Morgan fingerprint density at radius 3 is 2.91 bits per heavy atom. The molecule has 2 N–H and O–H groups in total. The van der Waals surface area contributed by atoms with E-state index in [1.807, 2.05) is 44.5 Å². The SMILES string of the molecule is C=C(C)/C=C\c1cc(-c2ccn3nc(N)ncc23)cnc1C. The van der Waals surface area contributed by atoms with Gasteiger partial charge in [0.05, 0.1) is 11.7 Å². The number of aromatic nitrogens is 4. The van der Waals surface area contributed by atoms with Gasteiger partial charge < -0.3 is 5.73 Å². The number of hydrogen-bond donors (Lipinski definition) is 1. The van der Waals surface area contributed by atoms with Crippen molar-refractivity contribution in [2.45, 2.75) is 13.8 Å². The van der Waals surface area contributed by atoms with Crippen molar-refractivity contribution in [1.29, 1.82) is 0 Å². The molecule has 0 atom stereocenters. The topological polar surface area (TPSA) is 69.1 Å². The van der Waals surface area contributed by atoms with E-state index in [0.29, 0.717) is 0 Å². The highest BCUT2D eigenvalue weighted by atomic mass is 15.3. The second kappa shape index (κ2) is 5.44. The van der Waals surface area contributed by atoms with E-state index in [0.717, 1.165) is 33.5 Å². The maximum atomic E-state index is 5.61. The monoisotopic (exact) mass is 291 g/mol. The summed E-state index contributed by atoms with van der Waals surface area (Å²) in [7, 11) is 0. The molecule has 3 rings (SSSR count). The molecule has 3 aromatic heterocycles. The lowest BCUT2D eigenvalue weighted by atomic mass is 10.0. The lowest BCUT2D eigenvalue weighted by Crippen LogP contribution is -1.99. The van der Waals surface area contributed by atoms with Gasteiger partial charge >= 0.3 is 0 Å². The van der Waals surface area contributed by atoms with Crippen LogP contribution in [0.25, 0.3) is 22.7 Å². The maximum absolute atomic E-state index is 5.61. The minimum atomic E-state index is 0.252. The Hall–Kier alpha value is -2.95. The van der Waals surface area contributed by atoms with Crippen LogP contribution in [0.5, 0.6) is 0 Å². The summed E-state index contributed by atoms with van der Waals surface area (Å²) in [6, 6.07) is 4.09. The highest BCUT2D eigenvalue weighted by Gasteiger charge is 2.08. The fraction of sp³-hybridized carbons (Fsp3) is 0.118. The van der Waals surface area contributed by atoms with Crippen molar-refractivity contribution in [3.8, 4) is 11.1 Å². The Labute approximate surface area is 128 Å². The van der Waals surface area contributed by atoms with E-state index in [4.69, 9.17) is 5.73 Å². The molecule has 5 heteroatoms. The molecule has 0 unspecified atom stereocenters. The van der Waals surface area contributed by atoms with Gasteiger partial charge in [0.1, 0.15) is 0 Å². The van der Waals surface area contributed by atoms with E-state index in [1.165, 1.54) is 0 Å². The highest BCUT2D eigenvalue weighted by molar-refractivity contribution is 5.81. The molecular formula is C17H17N5. The molecule has 0 spiro atoms. The van der Waals surface area contributed by atoms with E-state index in [-0.39, 0.29) is 5.95 Å². The molecule has 0 aromatic carbocycles. The summed E-state index contributed by atoms with van der Waals surface area (Å²) in [5, 5.41) is 4.16. The zero-order chi connectivity index (χ0) is 15.7. The number of nitrogens with two attached hydrogens (primary N) is 1. The highest BCUT2D eigenvalue weighted by Crippen LogP contribution is 2.26.